The predicted molar refractivity (Wildman–Crippen MR) is 104 cm³/mol. The Balaban J connectivity index is 1.62. The van der Waals surface area contributed by atoms with Crippen LogP contribution in [0.3, 0.4) is 0 Å². The largest absolute Gasteiger partial charge is 0.325 e. The van der Waals surface area contributed by atoms with Crippen LogP contribution in [0.15, 0.2) is 60.0 Å². The number of amides is 1. The fourth-order valence-electron chi connectivity index (χ4n) is 2.25. The van der Waals surface area contributed by atoms with E-state index in [2.05, 4.69) is 10.3 Å². The average Bonchev–Trinajstić information content (AvgIpc) is 3.11. The first kappa shape index (κ1) is 18.4. The Kier molecular flexibility index (Phi) is 5.90. The summed E-state index contributed by atoms with van der Waals surface area (Å²) < 4.78 is 25.5. The van der Waals surface area contributed by atoms with Gasteiger partial charge in [0.05, 0.1) is 11.4 Å². The van der Waals surface area contributed by atoms with Gasteiger partial charge in [-0.3, -0.25) is 9.00 Å². The SMILES string of the molecule is C[C@@H](C(=O)Nc1ccccc1)[S@@](=O)Cc1csc(-c2ccc(F)cc2)n1. The van der Waals surface area contributed by atoms with Crippen molar-refractivity contribution in [2.45, 2.75) is 17.9 Å². The number of nitrogens with one attached hydrogen (secondary N) is 1. The number of anilines is 1. The topological polar surface area (TPSA) is 59.1 Å². The molecule has 1 N–H and O–H groups in total. The number of benzene rings is 2. The fraction of sp³-hybridized carbons (Fsp3) is 0.158. The maximum Gasteiger partial charge on any atom is 0.239 e. The summed E-state index contributed by atoms with van der Waals surface area (Å²) in [5.74, 6) is -0.394. The zero-order chi connectivity index (χ0) is 18.5. The molecule has 134 valence electrons. The molecule has 2 atom stereocenters. The zero-order valence-electron chi connectivity index (χ0n) is 14.0. The van der Waals surface area contributed by atoms with E-state index in [-0.39, 0.29) is 17.5 Å². The molecule has 3 rings (SSSR count). The number of halogens is 1. The molecule has 0 fully saturated rings. The normalized spacial score (nSPS) is 13.2. The van der Waals surface area contributed by atoms with Gasteiger partial charge >= 0.3 is 0 Å². The number of para-hydroxylation sites is 1. The van der Waals surface area contributed by atoms with Crippen LogP contribution in [-0.4, -0.2) is 20.3 Å². The summed E-state index contributed by atoms with van der Waals surface area (Å²) in [6, 6.07) is 15.1. The Morgan fingerprint density at radius 1 is 1.19 bits per heavy atom. The van der Waals surface area contributed by atoms with E-state index >= 15 is 0 Å². The van der Waals surface area contributed by atoms with E-state index in [1.54, 1.807) is 31.2 Å². The Hall–Kier alpha value is -2.38. The lowest BCUT2D eigenvalue weighted by Gasteiger charge is -2.11. The quantitative estimate of drug-likeness (QED) is 0.688. The summed E-state index contributed by atoms with van der Waals surface area (Å²) in [5.41, 5.74) is 2.14. The molecule has 0 saturated heterocycles. The Morgan fingerprint density at radius 3 is 2.58 bits per heavy atom. The molecule has 3 aromatic rings. The van der Waals surface area contributed by atoms with Crippen molar-refractivity contribution in [2.75, 3.05) is 5.32 Å². The second kappa shape index (κ2) is 8.33. The van der Waals surface area contributed by atoms with Gasteiger partial charge in [0.15, 0.2) is 0 Å². The minimum atomic E-state index is -1.39. The van der Waals surface area contributed by atoms with Gasteiger partial charge in [-0.15, -0.1) is 11.3 Å². The second-order valence-corrected chi connectivity index (χ2v) is 8.29. The number of carbonyl (C=O) groups is 1. The van der Waals surface area contributed by atoms with E-state index in [4.69, 9.17) is 0 Å². The van der Waals surface area contributed by atoms with Crippen LogP contribution in [-0.2, 0) is 21.3 Å². The summed E-state index contributed by atoms with van der Waals surface area (Å²) in [6.07, 6.45) is 0. The molecule has 0 aliphatic carbocycles. The number of hydrogen-bond acceptors (Lipinski definition) is 4. The molecule has 1 heterocycles. The maximum absolute atomic E-state index is 13.0. The standard InChI is InChI=1S/C19H17FN2O2S2/c1-13(18(23)21-16-5-3-2-4-6-16)26(24)12-17-11-25-19(22-17)14-7-9-15(20)10-8-14/h2-11,13H,12H2,1H3,(H,21,23)/t13-,26-/m0/s1. The number of carbonyl (C=O) groups excluding carboxylic acids is 1. The van der Waals surface area contributed by atoms with E-state index < -0.39 is 16.0 Å². The highest BCUT2D eigenvalue weighted by Gasteiger charge is 2.21. The second-order valence-electron chi connectivity index (χ2n) is 5.67. The Morgan fingerprint density at radius 2 is 1.88 bits per heavy atom. The molecular weight excluding hydrogens is 371 g/mol. The zero-order valence-corrected chi connectivity index (χ0v) is 15.6. The van der Waals surface area contributed by atoms with Crippen LogP contribution in [0.1, 0.15) is 12.6 Å². The van der Waals surface area contributed by atoms with Crippen molar-refractivity contribution in [1.29, 1.82) is 0 Å². The van der Waals surface area contributed by atoms with Crippen LogP contribution < -0.4 is 5.32 Å². The van der Waals surface area contributed by atoms with Crippen molar-refractivity contribution < 1.29 is 13.4 Å². The van der Waals surface area contributed by atoms with Gasteiger partial charge in [0.1, 0.15) is 16.1 Å². The minimum absolute atomic E-state index is 0.196. The number of nitrogens with zero attached hydrogens (tertiary/aromatic N) is 1. The first-order chi connectivity index (χ1) is 12.5. The van der Waals surface area contributed by atoms with E-state index in [0.717, 1.165) is 10.6 Å². The highest BCUT2D eigenvalue weighted by Crippen LogP contribution is 2.24. The third-order valence-corrected chi connectivity index (χ3v) is 6.26. The van der Waals surface area contributed by atoms with Gasteiger partial charge in [0.25, 0.3) is 0 Å². The molecule has 4 nitrogen and oxygen atoms in total. The van der Waals surface area contributed by atoms with Gasteiger partial charge in [-0.1, -0.05) is 18.2 Å². The monoisotopic (exact) mass is 388 g/mol. The van der Waals surface area contributed by atoms with Gasteiger partial charge < -0.3 is 5.32 Å². The first-order valence-corrected chi connectivity index (χ1v) is 10.2. The van der Waals surface area contributed by atoms with Crippen molar-refractivity contribution >= 4 is 33.7 Å². The van der Waals surface area contributed by atoms with Crippen LogP contribution in [0, 0.1) is 5.82 Å². The number of rotatable bonds is 6. The van der Waals surface area contributed by atoms with E-state index in [9.17, 15) is 13.4 Å². The highest BCUT2D eigenvalue weighted by atomic mass is 32.2. The smallest absolute Gasteiger partial charge is 0.239 e. The molecule has 0 unspecified atom stereocenters. The van der Waals surface area contributed by atoms with Crippen molar-refractivity contribution in [3.63, 3.8) is 0 Å². The summed E-state index contributed by atoms with van der Waals surface area (Å²) in [4.78, 5) is 16.7. The molecule has 0 spiro atoms. The van der Waals surface area contributed by atoms with Crippen molar-refractivity contribution in [1.82, 2.24) is 4.98 Å². The van der Waals surface area contributed by atoms with E-state index in [1.807, 2.05) is 23.6 Å². The number of thiazole rings is 1. The predicted octanol–water partition coefficient (Wildman–Crippen LogP) is 4.23. The summed E-state index contributed by atoms with van der Waals surface area (Å²) >= 11 is 1.40. The van der Waals surface area contributed by atoms with Gasteiger partial charge in [0.2, 0.25) is 5.91 Å². The third-order valence-electron chi connectivity index (χ3n) is 3.74. The van der Waals surface area contributed by atoms with Crippen molar-refractivity contribution in [3.05, 3.63) is 71.5 Å². The van der Waals surface area contributed by atoms with Crippen LogP contribution >= 0.6 is 11.3 Å². The van der Waals surface area contributed by atoms with Gasteiger partial charge in [-0.05, 0) is 43.3 Å². The van der Waals surface area contributed by atoms with Crippen LogP contribution in [0.5, 0.6) is 0 Å². The van der Waals surface area contributed by atoms with Crippen molar-refractivity contribution in [2.24, 2.45) is 0 Å². The van der Waals surface area contributed by atoms with Crippen LogP contribution in [0.2, 0.25) is 0 Å². The molecular formula is C19H17FN2O2S2. The molecule has 26 heavy (non-hydrogen) atoms. The molecule has 0 radical (unpaired) electrons. The average molecular weight is 388 g/mol. The van der Waals surface area contributed by atoms with Crippen molar-refractivity contribution in [3.8, 4) is 10.6 Å². The highest BCUT2D eigenvalue weighted by molar-refractivity contribution is 7.85. The van der Waals surface area contributed by atoms with Crippen LogP contribution in [0.25, 0.3) is 10.6 Å². The third kappa shape index (κ3) is 4.62. The minimum Gasteiger partial charge on any atom is -0.325 e. The number of hydrogen-bond donors (Lipinski definition) is 1. The Bertz CT molecular complexity index is 911. The lowest BCUT2D eigenvalue weighted by molar-refractivity contribution is -0.115. The van der Waals surface area contributed by atoms with E-state index in [0.29, 0.717) is 11.4 Å². The molecule has 2 aromatic carbocycles. The first-order valence-electron chi connectivity index (χ1n) is 7.96. The molecule has 1 amide bonds. The lowest BCUT2D eigenvalue weighted by atomic mass is 10.2. The van der Waals surface area contributed by atoms with Gasteiger partial charge in [-0.25, -0.2) is 9.37 Å². The summed E-state index contributed by atoms with van der Waals surface area (Å²) in [7, 11) is -1.39. The Labute approximate surface area is 157 Å². The van der Waals surface area contributed by atoms with Gasteiger partial charge in [0, 0.05) is 27.4 Å². The lowest BCUT2D eigenvalue weighted by Crippen LogP contribution is -2.29. The van der Waals surface area contributed by atoms with Gasteiger partial charge in [-0.2, -0.15) is 0 Å². The maximum atomic E-state index is 13.0. The fourth-order valence-corrected chi connectivity index (χ4v) is 4.17. The summed E-state index contributed by atoms with van der Waals surface area (Å²) in [6.45, 7) is 1.64. The molecule has 0 aliphatic rings. The molecule has 0 bridgehead atoms. The molecule has 1 aromatic heterocycles. The molecule has 7 heteroatoms. The summed E-state index contributed by atoms with van der Waals surface area (Å²) in [5, 5.41) is 4.65. The van der Waals surface area contributed by atoms with E-state index in [1.165, 1.54) is 23.5 Å². The molecule has 0 aliphatic heterocycles. The number of aromatic nitrogens is 1. The molecule has 0 saturated carbocycles. The van der Waals surface area contributed by atoms with Crippen LogP contribution in [0.4, 0.5) is 10.1 Å².